The lowest BCUT2D eigenvalue weighted by Gasteiger charge is -2.20. The van der Waals surface area contributed by atoms with Crippen molar-refractivity contribution in [3.8, 4) is 0 Å². The number of carbonyl (C=O) groups is 1. The minimum atomic E-state index is -0.0959. The fourth-order valence-corrected chi connectivity index (χ4v) is 2.72. The number of rotatable bonds is 6. The SMILES string of the molecule is O=C(CCCC1CCCCC1)OCc1ccccn1. The van der Waals surface area contributed by atoms with Gasteiger partial charge in [0.05, 0.1) is 5.69 Å². The summed E-state index contributed by atoms with van der Waals surface area (Å²) in [6.07, 6.45) is 11.2. The van der Waals surface area contributed by atoms with Gasteiger partial charge in [-0.3, -0.25) is 9.78 Å². The van der Waals surface area contributed by atoms with Crippen molar-refractivity contribution in [2.75, 3.05) is 0 Å². The predicted octanol–water partition coefficient (Wildman–Crippen LogP) is 3.88. The normalized spacial score (nSPS) is 16.2. The summed E-state index contributed by atoms with van der Waals surface area (Å²) >= 11 is 0. The second kappa shape index (κ2) is 7.93. The van der Waals surface area contributed by atoms with Gasteiger partial charge in [0.2, 0.25) is 0 Å². The standard InChI is InChI=1S/C16H23NO2/c18-16(19-13-15-10-4-5-12-17-15)11-6-9-14-7-2-1-3-8-14/h4-5,10,12,14H,1-3,6-9,11,13H2. The molecule has 3 nitrogen and oxygen atoms in total. The van der Waals surface area contributed by atoms with Crippen LogP contribution in [0.3, 0.4) is 0 Å². The Bertz CT molecular complexity index is 372. The molecule has 3 heteroatoms. The van der Waals surface area contributed by atoms with Gasteiger partial charge in [0.25, 0.3) is 0 Å². The van der Waals surface area contributed by atoms with E-state index in [0.29, 0.717) is 13.0 Å². The van der Waals surface area contributed by atoms with E-state index in [0.717, 1.165) is 18.0 Å². The Kier molecular flexibility index (Phi) is 5.86. The van der Waals surface area contributed by atoms with E-state index >= 15 is 0 Å². The molecule has 0 N–H and O–H groups in total. The van der Waals surface area contributed by atoms with Crippen molar-refractivity contribution in [1.29, 1.82) is 0 Å². The first kappa shape index (κ1) is 14.0. The molecule has 0 saturated heterocycles. The highest BCUT2D eigenvalue weighted by Crippen LogP contribution is 2.27. The van der Waals surface area contributed by atoms with Gasteiger partial charge in [-0.25, -0.2) is 0 Å². The summed E-state index contributed by atoms with van der Waals surface area (Å²) in [4.78, 5) is 15.7. The maximum absolute atomic E-state index is 11.6. The molecule has 1 aliphatic rings. The molecule has 0 unspecified atom stereocenters. The van der Waals surface area contributed by atoms with Crippen molar-refractivity contribution in [2.45, 2.75) is 58.0 Å². The van der Waals surface area contributed by atoms with E-state index in [-0.39, 0.29) is 5.97 Å². The maximum atomic E-state index is 11.6. The van der Waals surface area contributed by atoms with Gasteiger partial charge in [-0.2, -0.15) is 0 Å². The Balaban J connectivity index is 1.57. The van der Waals surface area contributed by atoms with E-state index in [4.69, 9.17) is 4.74 Å². The van der Waals surface area contributed by atoms with Gasteiger partial charge in [-0.1, -0.05) is 38.2 Å². The van der Waals surface area contributed by atoms with Crippen LogP contribution < -0.4 is 0 Å². The van der Waals surface area contributed by atoms with E-state index in [1.165, 1.54) is 38.5 Å². The van der Waals surface area contributed by atoms with Crippen LogP contribution in [0.25, 0.3) is 0 Å². The van der Waals surface area contributed by atoms with Crippen LogP contribution >= 0.6 is 0 Å². The fourth-order valence-electron chi connectivity index (χ4n) is 2.72. The summed E-state index contributed by atoms with van der Waals surface area (Å²) in [5.74, 6) is 0.749. The number of aromatic nitrogens is 1. The first-order valence-electron chi connectivity index (χ1n) is 7.40. The molecule has 1 saturated carbocycles. The van der Waals surface area contributed by atoms with Gasteiger partial charge in [0.15, 0.2) is 0 Å². The molecule has 2 rings (SSSR count). The number of hydrogen-bond acceptors (Lipinski definition) is 3. The Hall–Kier alpha value is -1.38. The summed E-state index contributed by atoms with van der Waals surface area (Å²) in [6.45, 7) is 0.295. The molecule has 0 aromatic carbocycles. The largest absolute Gasteiger partial charge is 0.459 e. The molecular weight excluding hydrogens is 238 g/mol. The molecule has 0 aliphatic heterocycles. The quantitative estimate of drug-likeness (QED) is 0.730. The summed E-state index contributed by atoms with van der Waals surface area (Å²) in [5, 5.41) is 0. The average molecular weight is 261 g/mol. The summed E-state index contributed by atoms with van der Waals surface area (Å²) in [5.41, 5.74) is 0.808. The molecule has 0 atom stereocenters. The van der Waals surface area contributed by atoms with Crippen LogP contribution in [0.2, 0.25) is 0 Å². The third kappa shape index (κ3) is 5.41. The van der Waals surface area contributed by atoms with Crippen molar-refractivity contribution in [2.24, 2.45) is 5.92 Å². The molecule has 0 bridgehead atoms. The second-order valence-corrected chi connectivity index (χ2v) is 5.38. The monoisotopic (exact) mass is 261 g/mol. The maximum Gasteiger partial charge on any atom is 0.306 e. The van der Waals surface area contributed by atoms with Crippen molar-refractivity contribution in [3.63, 3.8) is 0 Å². The topological polar surface area (TPSA) is 39.2 Å². The molecule has 1 aromatic heterocycles. The minimum absolute atomic E-state index is 0.0959. The highest BCUT2D eigenvalue weighted by Gasteiger charge is 2.13. The fraction of sp³-hybridized carbons (Fsp3) is 0.625. The molecule has 1 heterocycles. The van der Waals surface area contributed by atoms with E-state index in [1.54, 1.807) is 6.20 Å². The molecule has 19 heavy (non-hydrogen) atoms. The molecule has 1 fully saturated rings. The van der Waals surface area contributed by atoms with Crippen LogP contribution in [-0.2, 0) is 16.1 Å². The van der Waals surface area contributed by atoms with Crippen LogP contribution in [0.4, 0.5) is 0 Å². The Labute approximate surface area is 115 Å². The zero-order valence-electron chi connectivity index (χ0n) is 11.5. The van der Waals surface area contributed by atoms with E-state index in [2.05, 4.69) is 4.98 Å². The van der Waals surface area contributed by atoms with E-state index < -0.39 is 0 Å². The third-order valence-electron chi connectivity index (χ3n) is 3.83. The Morgan fingerprint density at radius 3 is 2.84 bits per heavy atom. The van der Waals surface area contributed by atoms with Crippen LogP contribution in [0.15, 0.2) is 24.4 Å². The highest BCUT2D eigenvalue weighted by molar-refractivity contribution is 5.69. The van der Waals surface area contributed by atoms with Crippen molar-refractivity contribution < 1.29 is 9.53 Å². The van der Waals surface area contributed by atoms with Crippen molar-refractivity contribution in [3.05, 3.63) is 30.1 Å². The summed E-state index contributed by atoms with van der Waals surface area (Å²) in [6, 6.07) is 5.63. The van der Waals surface area contributed by atoms with Crippen molar-refractivity contribution in [1.82, 2.24) is 4.98 Å². The predicted molar refractivity (Wildman–Crippen MR) is 74.5 cm³/mol. The number of esters is 1. The second-order valence-electron chi connectivity index (χ2n) is 5.38. The molecule has 0 amide bonds. The lowest BCUT2D eigenvalue weighted by molar-refractivity contribution is -0.145. The summed E-state index contributed by atoms with van der Waals surface area (Å²) in [7, 11) is 0. The van der Waals surface area contributed by atoms with Gasteiger partial charge in [0.1, 0.15) is 6.61 Å². The van der Waals surface area contributed by atoms with Crippen LogP contribution in [0.5, 0.6) is 0 Å². The van der Waals surface area contributed by atoms with Gasteiger partial charge in [0, 0.05) is 12.6 Å². The smallest absolute Gasteiger partial charge is 0.306 e. The third-order valence-corrected chi connectivity index (χ3v) is 3.83. The number of pyridine rings is 1. The average Bonchev–Trinajstić information content (AvgIpc) is 2.47. The molecule has 1 aromatic rings. The molecule has 104 valence electrons. The number of carbonyl (C=O) groups excluding carboxylic acids is 1. The molecule has 0 spiro atoms. The number of hydrogen-bond donors (Lipinski definition) is 0. The minimum Gasteiger partial charge on any atom is -0.459 e. The lowest BCUT2D eigenvalue weighted by Crippen LogP contribution is -2.09. The number of ether oxygens (including phenoxy) is 1. The molecular formula is C16H23NO2. The number of nitrogens with zero attached hydrogens (tertiary/aromatic N) is 1. The lowest BCUT2D eigenvalue weighted by atomic mass is 9.86. The highest BCUT2D eigenvalue weighted by atomic mass is 16.5. The molecule has 0 radical (unpaired) electrons. The van der Waals surface area contributed by atoms with Gasteiger partial charge >= 0.3 is 5.97 Å². The van der Waals surface area contributed by atoms with Crippen molar-refractivity contribution >= 4 is 5.97 Å². The van der Waals surface area contributed by atoms with Gasteiger partial charge in [-0.05, 0) is 30.9 Å². The zero-order chi connectivity index (χ0) is 13.3. The van der Waals surface area contributed by atoms with E-state index in [1.807, 2.05) is 18.2 Å². The first-order chi connectivity index (χ1) is 9.34. The Morgan fingerprint density at radius 1 is 1.26 bits per heavy atom. The van der Waals surface area contributed by atoms with Gasteiger partial charge < -0.3 is 4.74 Å². The van der Waals surface area contributed by atoms with Gasteiger partial charge in [-0.15, -0.1) is 0 Å². The Morgan fingerprint density at radius 2 is 2.11 bits per heavy atom. The first-order valence-corrected chi connectivity index (χ1v) is 7.40. The van der Waals surface area contributed by atoms with Crippen LogP contribution in [-0.4, -0.2) is 11.0 Å². The van der Waals surface area contributed by atoms with Crippen LogP contribution in [0, 0.1) is 5.92 Å². The van der Waals surface area contributed by atoms with E-state index in [9.17, 15) is 4.79 Å². The molecule has 1 aliphatic carbocycles. The summed E-state index contributed by atoms with van der Waals surface area (Å²) < 4.78 is 5.22. The zero-order valence-corrected chi connectivity index (χ0v) is 11.5. The van der Waals surface area contributed by atoms with Crippen LogP contribution in [0.1, 0.15) is 57.1 Å².